The molecule has 9 atom stereocenters. The van der Waals surface area contributed by atoms with Crippen LogP contribution in [0.5, 0.6) is 0 Å². The predicted molar refractivity (Wildman–Crippen MR) is 128 cm³/mol. The minimum Gasteiger partial charge on any atom is -0.391 e. The number of Topliss-reactive ketones (excluding diaryl/α,β-unsaturated/α-hetero) is 1. The Morgan fingerprint density at radius 2 is 1.88 bits per heavy atom. The Morgan fingerprint density at radius 3 is 2.65 bits per heavy atom. The first-order valence-electron chi connectivity index (χ1n) is 13.7. The van der Waals surface area contributed by atoms with E-state index in [2.05, 4.69) is 28.8 Å². The number of ether oxygens (including phenoxy) is 1. The molecule has 7 nitrogen and oxygen atoms in total. The summed E-state index contributed by atoms with van der Waals surface area (Å²) in [7, 11) is 0. The highest BCUT2D eigenvalue weighted by Gasteiger charge is 2.62. The van der Waals surface area contributed by atoms with E-state index in [0.29, 0.717) is 29.6 Å². The zero-order valence-electron chi connectivity index (χ0n) is 20.9. The van der Waals surface area contributed by atoms with Crippen molar-refractivity contribution in [2.75, 3.05) is 26.3 Å². The van der Waals surface area contributed by atoms with Crippen LogP contribution in [-0.4, -0.2) is 69.0 Å². The fourth-order valence-corrected chi connectivity index (χ4v) is 9.67. The first-order valence-corrected chi connectivity index (χ1v) is 13.7. The number of ketones is 1. The van der Waals surface area contributed by atoms with E-state index in [9.17, 15) is 9.90 Å². The zero-order chi connectivity index (χ0) is 23.5. The van der Waals surface area contributed by atoms with E-state index < -0.39 is 0 Å². The summed E-state index contributed by atoms with van der Waals surface area (Å²) in [6.07, 6.45) is 12.2. The number of hydrogen-bond acceptors (Lipinski definition) is 6. The van der Waals surface area contributed by atoms with Gasteiger partial charge in [0.1, 0.15) is 19.2 Å². The number of carbonyl (C=O) groups excluding carboxylic acids is 1. The molecule has 0 bridgehead atoms. The minimum atomic E-state index is -0.202. The second-order valence-electron chi connectivity index (χ2n) is 12.6. The van der Waals surface area contributed by atoms with Gasteiger partial charge in [0.15, 0.2) is 5.78 Å². The predicted octanol–water partition coefficient (Wildman–Crippen LogP) is 3.18. The summed E-state index contributed by atoms with van der Waals surface area (Å²) in [5, 5.41) is 15.3. The van der Waals surface area contributed by atoms with Gasteiger partial charge in [-0.05, 0) is 85.9 Å². The van der Waals surface area contributed by atoms with Crippen LogP contribution in [0.15, 0.2) is 12.7 Å². The Hall–Kier alpha value is -1.31. The maximum absolute atomic E-state index is 13.3. The lowest BCUT2D eigenvalue weighted by molar-refractivity contribution is -0.157. The highest BCUT2D eigenvalue weighted by atomic mass is 16.5. The lowest BCUT2D eigenvalue weighted by atomic mass is 9.44. The molecular weight excluding hydrogens is 428 g/mol. The van der Waals surface area contributed by atoms with Crippen LogP contribution >= 0.6 is 0 Å². The summed E-state index contributed by atoms with van der Waals surface area (Å²) in [5.74, 6) is 3.25. The van der Waals surface area contributed by atoms with Gasteiger partial charge in [0.05, 0.1) is 19.3 Å². The molecule has 0 radical (unpaired) electrons. The van der Waals surface area contributed by atoms with Crippen molar-refractivity contribution >= 4 is 5.78 Å². The number of hydrogen-bond donors (Lipinski definition) is 1. The molecule has 5 aliphatic rings. The van der Waals surface area contributed by atoms with Gasteiger partial charge in [0.2, 0.25) is 0 Å². The molecule has 5 fully saturated rings. The van der Waals surface area contributed by atoms with E-state index in [1.54, 1.807) is 11.0 Å². The molecule has 1 aliphatic heterocycles. The van der Waals surface area contributed by atoms with Crippen molar-refractivity contribution in [3.05, 3.63) is 12.7 Å². The van der Waals surface area contributed by atoms with E-state index in [1.165, 1.54) is 38.4 Å². The molecule has 3 unspecified atom stereocenters. The van der Waals surface area contributed by atoms with Gasteiger partial charge in [-0.15, -0.1) is 0 Å². The van der Waals surface area contributed by atoms with E-state index >= 15 is 0 Å². The van der Waals surface area contributed by atoms with Crippen molar-refractivity contribution in [3.63, 3.8) is 0 Å². The molecule has 188 valence electrons. The average molecular weight is 471 g/mol. The summed E-state index contributed by atoms with van der Waals surface area (Å²) in [6.45, 7) is 8.85. The number of rotatable bonds is 4. The number of fused-ring (bicyclic) bond motifs is 5. The average Bonchev–Trinajstić information content (AvgIpc) is 3.46. The highest BCUT2D eigenvalue weighted by Crippen LogP contribution is 2.67. The summed E-state index contributed by atoms with van der Waals surface area (Å²) in [4.78, 5) is 19.9. The highest BCUT2D eigenvalue weighted by molar-refractivity contribution is 5.82. The molecule has 1 N–H and O–H groups in total. The normalized spacial score (nSPS) is 47.0. The van der Waals surface area contributed by atoms with Crippen molar-refractivity contribution in [1.82, 2.24) is 19.7 Å². The van der Waals surface area contributed by atoms with Gasteiger partial charge in [0.25, 0.3) is 0 Å². The summed E-state index contributed by atoms with van der Waals surface area (Å²) >= 11 is 0. The van der Waals surface area contributed by atoms with E-state index in [1.807, 2.05) is 0 Å². The third kappa shape index (κ3) is 3.60. The Labute approximate surface area is 203 Å². The van der Waals surface area contributed by atoms with Crippen molar-refractivity contribution in [2.24, 2.45) is 40.4 Å². The van der Waals surface area contributed by atoms with Crippen LogP contribution in [0.1, 0.15) is 65.2 Å². The maximum Gasteiger partial charge on any atom is 0.157 e. The molecule has 6 rings (SSSR count). The number of aliphatic hydroxyl groups excluding tert-OH is 1. The standard InChI is InChI=1S/C27H42N4O3/c1-26-8-7-21-19(20(26)5-6-22(26)25(33)15-31-17-28-16-29-31)4-3-18-13-24(32)23(14-27(18,21)2)30-9-11-34-12-10-30/h16-24,32H,3-15H2,1-2H3/t18?,19-,20-,21-,22+,23?,24?,26-,27-/m0/s1. The summed E-state index contributed by atoms with van der Waals surface area (Å²) < 4.78 is 7.29. The van der Waals surface area contributed by atoms with E-state index in [4.69, 9.17) is 4.74 Å². The second kappa shape index (κ2) is 8.67. The minimum absolute atomic E-state index is 0.125. The molecule has 4 aliphatic carbocycles. The van der Waals surface area contributed by atoms with Crippen molar-refractivity contribution in [2.45, 2.75) is 83.9 Å². The van der Waals surface area contributed by atoms with Crippen LogP contribution in [0.25, 0.3) is 0 Å². The van der Waals surface area contributed by atoms with Gasteiger partial charge in [-0.1, -0.05) is 13.8 Å². The molecule has 0 aromatic carbocycles. The van der Waals surface area contributed by atoms with Crippen molar-refractivity contribution < 1.29 is 14.6 Å². The second-order valence-corrected chi connectivity index (χ2v) is 12.6. The lowest BCUT2D eigenvalue weighted by Gasteiger charge is -2.62. The van der Waals surface area contributed by atoms with Crippen LogP contribution in [0, 0.1) is 40.4 Å². The van der Waals surface area contributed by atoms with Crippen LogP contribution in [-0.2, 0) is 16.1 Å². The Kier molecular flexibility index (Phi) is 5.89. The van der Waals surface area contributed by atoms with E-state index in [-0.39, 0.29) is 23.5 Å². The number of aliphatic hydroxyl groups is 1. The smallest absolute Gasteiger partial charge is 0.157 e. The first-order chi connectivity index (χ1) is 16.4. The molecule has 0 spiro atoms. The Balaban J connectivity index is 1.21. The van der Waals surface area contributed by atoms with Gasteiger partial charge in [-0.3, -0.25) is 9.69 Å². The van der Waals surface area contributed by atoms with Crippen LogP contribution in [0.3, 0.4) is 0 Å². The summed E-state index contributed by atoms with van der Waals surface area (Å²) in [5.41, 5.74) is 0.426. The zero-order valence-corrected chi connectivity index (χ0v) is 20.9. The number of morpholine rings is 1. The Morgan fingerprint density at radius 1 is 1.09 bits per heavy atom. The van der Waals surface area contributed by atoms with Crippen LogP contribution in [0.2, 0.25) is 0 Å². The number of aromatic nitrogens is 3. The molecular formula is C27H42N4O3. The molecule has 2 heterocycles. The van der Waals surface area contributed by atoms with E-state index in [0.717, 1.165) is 57.4 Å². The van der Waals surface area contributed by atoms with Gasteiger partial charge in [-0.25, -0.2) is 9.67 Å². The molecule has 0 amide bonds. The molecule has 7 heteroatoms. The van der Waals surface area contributed by atoms with Crippen molar-refractivity contribution in [1.29, 1.82) is 0 Å². The Bertz CT molecular complexity index is 886. The van der Waals surface area contributed by atoms with Crippen LogP contribution in [0.4, 0.5) is 0 Å². The largest absolute Gasteiger partial charge is 0.391 e. The van der Waals surface area contributed by atoms with Gasteiger partial charge in [-0.2, -0.15) is 5.10 Å². The first kappa shape index (κ1) is 23.1. The fourth-order valence-electron chi connectivity index (χ4n) is 9.67. The number of carbonyl (C=O) groups is 1. The number of nitrogens with zero attached hydrogens (tertiary/aromatic N) is 4. The molecule has 1 saturated heterocycles. The van der Waals surface area contributed by atoms with Gasteiger partial charge >= 0.3 is 0 Å². The molecule has 4 saturated carbocycles. The third-order valence-corrected chi connectivity index (χ3v) is 11.4. The third-order valence-electron chi connectivity index (χ3n) is 11.4. The maximum atomic E-state index is 13.3. The molecule has 1 aromatic rings. The SMILES string of the molecule is C[C@]12CC[C@H]3[C@@H](CCC4CC(O)C(N5CCOCC5)C[C@@]43C)[C@@H]1CC[C@@H]2C(=O)Cn1cncn1. The van der Waals surface area contributed by atoms with Crippen LogP contribution < -0.4 is 0 Å². The van der Waals surface area contributed by atoms with Gasteiger partial charge < -0.3 is 9.84 Å². The molecule has 1 aromatic heterocycles. The fraction of sp³-hybridized carbons (Fsp3) is 0.889. The van der Waals surface area contributed by atoms with Gasteiger partial charge in [0, 0.05) is 25.0 Å². The lowest BCUT2D eigenvalue weighted by Crippen LogP contribution is -2.60. The summed E-state index contributed by atoms with van der Waals surface area (Å²) in [6, 6.07) is 0.276. The topological polar surface area (TPSA) is 80.5 Å². The van der Waals surface area contributed by atoms with Crippen molar-refractivity contribution in [3.8, 4) is 0 Å². The monoisotopic (exact) mass is 470 g/mol. The molecule has 34 heavy (non-hydrogen) atoms. The quantitative estimate of drug-likeness (QED) is 0.728.